The normalized spacial score (nSPS) is 14.3. The summed E-state index contributed by atoms with van der Waals surface area (Å²) >= 11 is 3.54. The van der Waals surface area contributed by atoms with Crippen LogP contribution in [0.15, 0.2) is 22.7 Å². The minimum absolute atomic E-state index is 0.269. The summed E-state index contributed by atoms with van der Waals surface area (Å²) in [6, 6.07) is 6.81. The van der Waals surface area contributed by atoms with Gasteiger partial charge in [-0.25, -0.2) is 0 Å². The fraction of sp³-hybridized carbons (Fsp3) is 0.625. The molecule has 0 radical (unpaired) electrons. The van der Waals surface area contributed by atoms with E-state index in [1.165, 1.54) is 5.56 Å². The molecule has 0 aliphatic rings. The van der Waals surface area contributed by atoms with E-state index in [0.29, 0.717) is 12.0 Å². The number of nitrogens with one attached hydrogen (secondary N) is 1. The van der Waals surface area contributed by atoms with Crippen LogP contribution in [-0.4, -0.2) is 26.4 Å². The Morgan fingerprint density at radius 2 is 1.95 bits per heavy atom. The van der Waals surface area contributed by atoms with Gasteiger partial charge >= 0.3 is 0 Å². The maximum absolute atomic E-state index is 5.56. The summed E-state index contributed by atoms with van der Waals surface area (Å²) in [5.74, 6) is 1.39. The van der Waals surface area contributed by atoms with Gasteiger partial charge in [-0.2, -0.15) is 0 Å². The van der Waals surface area contributed by atoms with Crippen molar-refractivity contribution in [3.63, 3.8) is 0 Å². The van der Waals surface area contributed by atoms with Crippen LogP contribution in [0.25, 0.3) is 0 Å². The summed E-state index contributed by atoms with van der Waals surface area (Å²) in [5.41, 5.74) is 1.24. The van der Waals surface area contributed by atoms with E-state index in [-0.39, 0.29) is 6.04 Å². The lowest BCUT2D eigenvalue weighted by atomic mass is 10.0. The summed E-state index contributed by atoms with van der Waals surface area (Å²) in [5, 5.41) is 3.65. The first kappa shape index (κ1) is 17.5. The van der Waals surface area contributed by atoms with E-state index in [9.17, 15) is 0 Å². The summed E-state index contributed by atoms with van der Waals surface area (Å²) in [4.78, 5) is 0. The molecule has 1 aromatic rings. The van der Waals surface area contributed by atoms with Crippen molar-refractivity contribution in [1.29, 1.82) is 0 Å². The second-order valence-electron chi connectivity index (χ2n) is 5.29. The van der Waals surface area contributed by atoms with Gasteiger partial charge in [-0.3, -0.25) is 0 Å². The fourth-order valence-electron chi connectivity index (χ4n) is 2.05. The Labute approximate surface area is 131 Å². The molecule has 0 spiro atoms. The van der Waals surface area contributed by atoms with Crippen molar-refractivity contribution in [2.24, 2.45) is 5.92 Å². The van der Waals surface area contributed by atoms with Crippen molar-refractivity contribution in [3.05, 3.63) is 28.2 Å². The number of methoxy groups -OCH3 is 1. The SMILES string of the molecule is CCOCC(NC(C)c1ccc(OC)c(Br)c1)C(C)C. The Balaban J connectivity index is 2.72. The van der Waals surface area contributed by atoms with Crippen LogP contribution < -0.4 is 10.1 Å². The molecule has 0 aliphatic carbocycles. The molecule has 0 saturated heterocycles. The van der Waals surface area contributed by atoms with Crippen molar-refractivity contribution >= 4 is 15.9 Å². The monoisotopic (exact) mass is 343 g/mol. The van der Waals surface area contributed by atoms with Crippen LogP contribution in [-0.2, 0) is 4.74 Å². The smallest absolute Gasteiger partial charge is 0.133 e. The van der Waals surface area contributed by atoms with Crippen LogP contribution in [0.5, 0.6) is 5.75 Å². The molecule has 0 aromatic heterocycles. The summed E-state index contributed by atoms with van der Waals surface area (Å²) in [6.45, 7) is 10.1. The van der Waals surface area contributed by atoms with Crippen LogP contribution in [0.2, 0.25) is 0 Å². The predicted molar refractivity (Wildman–Crippen MR) is 87.4 cm³/mol. The first-order valence-corrected chi connectivity index (χ1v) is 7.96. The van der Waals surface area contributed by atoms with E-state index in [1.807, 2.05) is 13.0 Å². The predicted octanol–water partition coefficient (Wildman–Crippen LogP) is 4.17. The zero-order valence-corrected chi connectivity index (χ0v) is 14.7. The third kappa shape index (κ3) is 5.08. The average molecular weight is 344 g/mol. The number of rotatable bonds is 8. The van der Waals surface area contributed by atoms with Gasteiger partial charge in [0.2, 0.25) is 0 Å². The van der Waals surface area contributed by atoms with Gasteiger partial charge in [0.05, 0.1) is 18.2 Å². The highest BCUT2D eigenvalue weighted by Gasteiger charge is 2.17. The Kier molecular flexibility index (Phi) is 7.56. The minimum Gasteiger partial charge on any atom is -0.496 e. The first-order chi connectivity index (χ1) is 9.49. The Morgan fingerprint density at radius 3 is 2.45 bits per heavy atom. The number of halogens is 1. The molecular formula is C16H26BrNO2. The number of hydrogen-bond acceptors (Lipinski definition) is 3. The molecule has 0 amide bonds. The van der Waals surface area contributed by atoms with Gasteiger partial charge in [0.1, 0.15) is 5.75 Å². The Morgan fingerprint density at radius 1 is 1.25 bits per heavy atom. The Hall–Kier alpha value is -0.580. The maximum Gasteiger partial charge on any atom is 0.133 e. The molecule has 1 rings (SSSR count). The highest BCUT2D eigenvalue weighted by atomic mass is 79.9. The van der Waals surface area contributed by atoms with Gasteiger partial charge < -0.3 is 14.8 Å². The van der Waals surface area contributed by atoms with Crippen LogP contribution in [0.4, 0.5) is 0 Å². The third-order valence-corrected chi connectivity index (χ3v) is 4.07. The number of hydrogen-bond donors (Lipinski definition) is 1. The second kappa shape index (κ2) is 8.65. The summed E-state index contributed by atoms with van der Waals surface area (Å²) < 4.78 is 11.8. The molecule has 0 aliphatic heterocycles. The molecule has 2 unspecified atom stereocenters. The summed E-state index contributed by atoms with van der Waals surface area (Å²) in [6.07, 6.45) is 0. The molecule has 0 saturated carbocycles. The van der Waals surface area contributed by atoms with E-state index in [1.54, 1.807) is 7.11 Å². The van der Waals surface area contributed by atoms with E-state index in [2.05, 4.69) is 54.2 Å². The minimum atomic E-state index is 0.269. The van der Waals surface area contributed by atoms with Crippen molar-refractivity contribution < 1.29 is 9.47 Å². The second-order valence-corrected chi connectivity index (χ2v) is 6.15. The molecular weight excluding hydrogens is 318 g/mol. The molecule has 4 heteroatoms. The molecule has 114 valence electrons. The molecule has 1 aromatic carbocycles. The maximum atomic E-state index is 5.56. The molecule has 3 nitrogen and oxygen atoms in total. The highest BCUT2D eigenvalue weighted by molar-refractivity contribution is 9.10. The van der Waals surface area contributed by atoms with Crippen molar-refractivity contribution in [2.45, 2.75) is 39.8 Å². The topological polar surface area (TPSA) is 30.5 Å². The molecule has 2 atom stereocenters. The van der Waals surface area contributed by atoms with Crippen molar-refractivity contribution in [2.75, 3.05) is 20.3 Å². The molecule has 20 heavy (non-hydrogen) atoms. The number of benzene rings is 1. The van der Waals surface area contributed by atoms with Crippen LogP contribution in [0, 0.1) is 5.92 Å². The molecule has 0 bridgehead atoms. The van der Waals surface area contributed by atoms with Crippen molar-refractivity contribution in [1.82, 2.24) is 5.32 Å². The van der Waals surface area contributed by atoms with Gasteiger partial charge in [-0.1, -0.05) is 19.9 Å². The standard InChI is InChI=1S/C16H26BrNO2/c1-6-20-10-15(11(2)3)18-12(4)13-7-8-16(19-5)14(17)9-13/h7-9,11-12,15,18H,6,10H2,1-5H3. The average Bonchev–Trinajstić information content (AvgIpc) is 2.42. The van der Waals surface area contributed by atoms with Crippen LogP contribution >= 0.6 is 15.9 Å². The van der Waals surface area contributed by atoms with Crippen LogP contribution in [0.1, 0.15) is 39.3 Å². The summed E-state index contributed by atoms with van der Waals surface area (Å²) in [7, 11) is 1.68. The van der Waals surface area contributed by atoms with Gasteiger partial charge in [0, 0.05) is 18.7 Å². The Bertz CT molecular complexity index is 409. The molecule has 1 N–H and O–H groups in total. The lowest BCUT2D eigenvalue weighted by molar-refractivity contribution is 0.104. The lowest BCUT2D eigenvalue weighted by Crippen LogP contribution is -2.39. The van der Waals surface area contributed by atoms with E-state index >= 15 is 0 Å². The lowest BCUT2D eigenvalue weighted by Gasteiger charge is -2.26. The third-order valence-electron chi connectivity index (χ3n) is 3.45. The first-order valence-electron chi connectivity index (χ1n) is 7.16. The zero-order valence-electron chi connectivity index (χ0n) is 13.1. The molecule has 0 fully saturated rings. The van der Waals surface area contributed by atoms with E-state index < -0.39 is 0 Å². The highest BCUT2D eigenvalue weighted by Crippen LogP contribution is 2.28. The largest absolute Gasteiger partial charge is 0.496 e. The van der Waals surface area contributed by atoms with Crippen LogP contribution in [0.3, 0.4) is 0 Å². The van der Waals surface area contributed by atoms with Crippen molar-refractivity contribution in [3.8, 4) is 5.75 Å². The number of ether oxygens (including phenoxy) is 2. The van der Waals surface area contributed by atoms with Gasteiger partial charge in [-0.05, 0) is 53.4 Å². The zero-order chi connectivity index (χ0) is 15.1. The quantitative estimate of drug-likeness (QED) is 0.768. The fourth-order valence-corrected chi connectivity index (χ4v) is 2.61. The van der Waals surface area contributed by atoms with E-state index in [4.69, 9.17) is 9.47 Å². The van der Waals surface area contributed by atoms with Gasteiger partial charge in [0.15, 0.2) is 0 Å². The van der Waals surface area contributed by atoms with Gasteiger partial charge in [0.25, 0.3) is 0 Å². The molecule has 0 heterocycles. The van der Waals surface area contributed by atoms with E-state index in [0.717, 1.165) is 23.4 Å². The van der Waals surface area contributed by atoms with Gasteiger partial charge in [-0.15, -0.1) is 0 Å².